The van der Waals surface area contributed by atoms with Crippen LogP contribution in [-0.2, 0) is 0 Å². The van der Waals surface area contributed by atoms with Gasteiger partial charge in [0.25, 0.3) is 0 Å². The lowest BCUT2D eigenvalue weighted by Crippen LogP contribution is -2.03. The number of H-pyrrole nitrogens is 4. The molecule has 6 nitrogen and oxygen atoms in total. The Morgan fingerprint density at radius 3 is 0.933 bits per heavy atom. The van der Waals surface area contributed by atoms with Crippen LogP contribution in [0.3, 0.4) is 0 Å². The predicted molar refractivity (Wildman–Crippen MR) is 248 cm³/mol. The summed E-state index contributed by atoms with van der Waals surface area (Å²) in [4.78, 5) is 21.0. The number of nitrogens with one attached hydrogen (secondary N) is 4. The second-order valence-corrected chi connectivity index (χ2v) is 15.6. The standard InChI is InChI=1S/C54H32N6/c55-29-42-47(38-21-9-17-34-30-13-1-5-25-43(30)56-49(34)38)53(40-23-11-19-36-32-15-3-7-27-45(32)58-51(36)40)60-54(41-24-12-20-37-33-16-4-8-28-46(33)59-52(37)41)48(42)39-22-10-18-35-31-14-2-6-26-44(31)57-50(35)39/h1-28,56-59H. The summed E-state index contributed by atoms with van der Waals surface area (Å²) in [7, 11) is 0. The van der Waals surface area contributed by atoms with E-state index in [2.05, 4.69) is 196 Å². The van der Waals surface area contributed by atoms with Crippen molar-refractivity contribution < 1.29 is 0 Å². The molecule has 0 aliphatic carbocycles. The quantitative estimate of drug-likeness (QED) is 0.143. The highest BCUT2D eigenvalue weighted by molar-refractivity contribution is 6.20. The van der Waals surface area contributed by atoms with Gasteiger partial charge in [-0.3, -0.25) is 0 Å². The first-order valence-corrected chi connectivity index (χ1v) is 20.2. The Bertz CT molecular complexity index is 3730. The Balaban J connectivity index is 1.26. The number of fused-ring (bicyclic) bond motifs is 12. The number of hydrogen-bond donors (Lipinski definition) is 4. The number of para-hydroxylation sites is 8. The molecule has 0 aliphatic rings. The third-order valence-electron chi connectivity index (χ3n) is 12.5. The maximum absolute atomic E-state index is 11.9. The van der Waals surface area contributed by atoms with Gasteiger partial charge < -0.3 is 19.9 Å². The van der Waals surface area contributed by atoms with Crippen LogP contribution in [0.5, 0.6) is 0 Å². The smallest absolute Gasteiger partial charge is 0.101 e. The number of rotatable bonds is 4. The molecule has 0 spiro atoms. The summed E-state index contributed by atoms with van der Waals surface area (Å²) < 4.78 is 0. The Morgan fingerprint density at radius 2 is 0.600 bits per heavy atom. The number of aromatic nitrogens is 5. The van der Waals surface area contributed by atoms with Crippen molar-refractivity contribution >= 4 is 87.2 Å². The van der Waals surface area contributed by atoms with Crippen LogP contribution in [0.1, 0.15) is 5.56 Å². The molecule has 0 saturated heterocycles. The van der Waals surface area contributed by atoms with E-state index in [4.69, 9.17) is 4.98 Å². The minimum atomic E-state index is 0.550. The van der Waals surface area contributed by atoms with Crippen molar-refractivity contribution in [3.8, 4) is 50.8 Å². The number of aromatic amines is 4. The van der Waals surface area contributed by atoms with Crippen molar-refractivity contribution in [2.45, 2.75) is 0 Å². The van der Waals surface area contributed by atoms with Crippen molar-refractivity contribution in [2.24, 2.45) is 0 Å². The third kappa shape index (κ3) is 4.49. The molecule has 0 atom stereocenters. The van der Waals surface area contributed by atoms with E-state index < -0.39 is 0 Å². The summed E-state index contributed by atoms with van der Waals surface area (Å²) >= 11 is 0. The van der Waals surface area contributed by atoms with Crippen LogP contribution in [0.2, 0.25) is 0 Å². The molecule has 0 amide bonds. The topological polar surface area (TPSA) is 99.8 Å². The van der Waals surface area contributed by atoms with Gasteiger partial charge in [0, 0.05) is 98.5 Å². The molecule has 13 rings (SSSR count). The van der Waals surface area contributed by atoms with Gasteiger partial charge in [-0.05, 0) is 24.3 Å². The van der Waals surface area contributed by atoms with Crippen LogP contribution in [0, 0.1) is 11.3 Å². The molecule has 0 saturated carbocycles. The van der Waals surface area contributed by atoms with E-state index in [1.165, 1.54) is 0 Å². The zero-order valence-electron chi connectivity index (χ0n) is 32.1. The first-order valence-electron chi connectivity index (χ1n) is 20.2. The van der Waals surface area contributed by atoms with Crippen LogP contribution in [0.15, 0.2) is 170 Å². The molecule has 278 valence electrons. The maximum atomic E-state index is 11.9. The predicted octanol–water partition coefficient (Wildman–Crippen LogP) is 14.2. The van der Waals surface area contributed by atoms with Crippen LogP contribution in [0.4, 0.5) is 0 Å². The highest BCUT2D eigenvalue weighted by atomic mass is 14.8. The first-order chi connectivity index (χ1) is 29.7. The van der Waals surface area contributed by atoms with Gasteiger partial charge in [-0.25, -0.2) is 4.98 Å². The fourth-order valence-electron chi connectivity index (χ4n) is 9.92. The lowest BCUT2D eigenvalue weighted by atomic mass is 9.85. The van der Waals surface area contributed by atoms with Gasteiger partial charge in [0.05, 0.1) is 39.0 Å². The minimum Gasteiger partial charge on any atom is -0.354 e. The molecule has 5 heterocycles. The van der Waals surface area contributed by atoms with Gasteiger partial charge in [0.1, 0.15) is 6.07 Å². The lowest BCUT2D eigenvalue weighted by molar-refractivity contribution is 1.31. The van der Waals surface area contributed by atoms with E-state index in [0.29, 0.717) is 5.56 Å². The molecular formula is C54H32N6. The molecule has 8 aromatic carbocycles. The number of benzene rings is 8. The summed E-state index contributed by atoms with van der Waals surface area (Å²) in [6.07, 6.45) is 0. The SMILES string of the molecule is N#Cc1c(-c2cccc3c2[nH]c2ccccc23)c(-c2cccc3c2[nH]c2ccccc23)nc(-c2cccc3c2[nH]c2ccccc23)c1-c1cccc2c1[nH]c1ccccc12. The average Bonchev–Trinajstić information content (AvgIpc) is 4.08. The van der Waals surface area contributed by atoms with E-state index in [0.717, 1.165) is 132 Å². The fraction of sp³-hybridized carbons (Fsp3) is 0. The van der Waals surface area contributed by atoms with Crippen molar-refractivity contribution in [2.75, 3.05) is 0 Å². The van der Waals surface area contributed by atoms with Crippen LogP contribution in [-0.4, -0.2) is 24.9 Å². The number of pyridine rings is 1. The van der Waals surface area contributed by atoms with Crippen molar-refractivity contribution in [1.29, 1.82) is 5.26 Å². The second kappa shape index (κ2) is 12.3. The van der Waals surface area contributed by atoms with E-state index in [1.807, 2.05) is 0 Å². The zero-order chi connectivity index (χ0) is 39.5. The summed E-state index contributed by atoms with van der Waals surface area (Å²) in [6.45, 7) is 0. The molecule has 0 radical (unpaired) electrons. The summed E-state index contributed by atoms with van der Waals surface area (Å²) in [5.74, 6) is 0. The van der Waals surface area contributed by atoms with Crippen LogP contribution < -0.4 is 0 Å². The van der Waals surface area contributed by atoms with Crippen molar-refractivity contribution in [3.05, 3.63) is 175 Å². The Kier molecular flexibility index (Phi) is 6.70. The van der Waals surface area contributed by atoms with Crippen LogP contribution >= 0.6 is 0 Å². The van der Waals surface area contributed by atoms with Gasteiger partial charge >= 0.3 is 0 Å². The molecule has 0 bridgehead atoms. The van der Waals surface area contributed by atoms with Crippen molar-refractivity contribution in [1.82, 2.24) is 24.9 Å². The van der Waals surface area contributed by atoms with E-state index in [-0.39, 0.29) is 0 Å². The molecule has 5 aromatic heterocycles. The molecule has 13 aromatic rings. The molecule has 60 heavy (non-hydrogen) atoms. The summed E-state index contributed by atoms with van der Waals surface area (Å²) in [5.41, 5.74) is 15.3. The highest BCUT2D eigenvalue weighted by Gasteiger charge is 2.29. The van der Waals surface area contributed by atoms with Gasteiger partial charge in [0.15, 0.2) is 0 Å². The van der Waals surface area contributed by atoms with Gasteiger partial charge in [-0.15, -0.1) is 0 Å². The van der Waals surface area contributed by atoms with Crippen LogP contribution in [0.25, 0.3) is 132 Å². The first kappa shape index (κ1) is 32.7. The highest BCUT2D eigenvalue weighted by Crippen LogP contribution is 2.49. The largest absolute Gasteiger partial charge is 0.354 e. The summed E-state index contributed by atoms with van der Waals surface area (Å²) in [5, 5.41) is 20.8. The maximum Gasteiger partial charge on any atom is 0.101 e. The molecule has 4 N–H and O–H groups in total. The second-order valence-electron chi connectivity index (χ2n) is 15.6. The average molecular weight is 765 g/mol. The molecule has 0 unspecified atom stereocenters. The lowest BCUT2D eigenvalue weighted by Gasteiger charge is -2.21. The van der Waals surface area contributed by atoms with Gasteiger partial charge in [0.2, 0.25) is 0 Å². The molecule has 6 heteroatoms. The number of nitriles is 1. The molecular weight excluding hydrogens is 733 g/mol. The summed E-state index contributed by atoms with van der Waals surface area (Å²) in [6, 6.07) is 62.1. The molecule has 0 fully saturated rings. The van der Waals surface area contributed by atoms with Crippen molar-refractivity contribution in [3.63, 3.8) is 0 Å². The normalized spacial score (nSPS) is 12.0. The monoisotopic (exact) mass is 764 g/mol. The number of hydrogen-bond acceptors (Lipinski definition) is 2. The number of nitrogens with zero attached hydrogens (tertiary/aromatic N) is 2. The Hall–Kier alpha value is -8.40. The fourth-order valence-corrected chi connectivity index (χ4v) is 9.92. The van der Waals surface area contributed by atoms with E-state index in [1.54, 1.807) is 0 Å². The Labute approximate surface area is 342 Å². The minimum absolute atomic E-state index is 0.550. The van der Waals surface area contributed by atoms with Gasteiger partial charge in [-0.2, -0.15) is 5.26 Å². The third-order valence-corrected chi connectivity index (χ3v) is 12.5. The van der Waals surface area contributed by atoms with E-state index in [9.17, 15) is 5.26 Å². The zero-order valence-corrected chi connectivity index (χ0v) is 32.1. The van der Waals surface area contributed by atoms with E-state index >= 15 is 0 Å². The molecule has 0 aliphatic heterocycles. The van der Waals surface area contributed by atoms with Gasteiger partial charge in [-0.1, -0.05) is 146 Å². The Morgan fingerprint density at radius 1 is 0.317 bits per heavy atom.